The van der Waals surface area contributed by atoms with Crippen molar-refractivity contribution in [3.8, 4) is 11.5 Å². The second-order valence-electron chi connectivity index (χ2n) is 5.12. The predicted octanol–water partition coefficient (Wildman–Crippen LogP) is 1.10. The van der Waals surface area contributed by atoms with Crippen LogP contribution in [0.4, 0.5) is 0 Å². The second kappa shape index (κ2) is 6.61. The molecule has 1 aromatic carbocycles. The number of methoxy groups -OCH3 is 2. The van der Waals surface area contributed by atoms with E-state index in [1.807, 2.05) is 18.2 Å². The monoisotopic (exact) mass is 278 g/mol. The quantitative estimate of drug-likeness (QED) is 0.783. The van der Waals surface area contributed by atoms with Gasteiger partial charge in [0.25, 0.3) is 0 Å². The number of carbonyl (C=O) groups excluding carboxylic acids is 1. The van der Waals surface area contributed by atoms with Crippen LogP contribution in [0.25, 0.3) is 0 Å². The van der Waals surface area contributed by atoms with Gasteiger partial charge in [0.1, 0.15) is 11.5 Å². The smallest absolute Gasteiger partial charge is 0.224 e. The zero-order chi connectivity index (χ0) is 14.5. The van der Waals surface area contributed by atoms with Gasteiger partial charge in [-0.05, 0) is 30.9 Å². The van der Waals surface area contributed by atoms with E-state index in [0.717, 1.165) is 5.56 Å². The number of hydrogen-bond acceptors (Lipinski definition) is 4. The van der Waals surface area contributed by atoms with Crippen LogP contribution in [-0.4, -0.2) is 32.7 Å². The molecule has 1 aromatic rings. The van der Waals surface area contributed by atoms with Gasteiger partial charge in [-0.15, -0.1) is 0 Å². The molecule has 0 radical (unpaired) electrons. The maximum Gasteiger partial charge on any atom is 0.224 e. The van der Waals surface area contributed by atoms with Gasteiger partial charge in [0.15, 0.2) is 0 Å². The maximum absolute atomic E-state index is 12.0. The fourth-order valence-electron chi connectivity index (χ4n) is 2.25. The topological polar surface area (TPSA) is 73.6 Å². The third-order valence-electron chi connectivity index (χ3n) is 3.63. The highest BCUT2D eigenvalue weighted by atomic mass is 16.5. The molecule has 1 aliphatic carbocycles. The van der Waals surface area contributed by atoms with Crippen LogP contribution in [0, 0.1) is 5.92 Å². The third-order valence-corrected chi connectivity index (χ3v) is 3.63. The van der Waals surface area contributed by atoms with Gasteiger partial charge in [-0.2, -0.15) is 0 Å². The first-order chi connectivity index (χ1) is 9.65. The number of nitrogens with one attached hydrogen (secondary N) is 1. The lowest BCUT2D eigenvalue weighted by atomic mass is 10.1. The standard InChI is InChI=1S/C15H22N2O3/c1-19-13-4-3-5-14(20-2)11(13)8-15(18)17-9-12(16)10-6-7-10/h3-5,10,12H,6-9,16H2,1-2H3,(H,17,18). The summed E-state index contributed by atoms with van der Waals surface area (Å²) in [7, 11) is 3.17. The van der Waals surface area contributed by atoms with E-state index in [9.17, 15) is 4.79 Å². The molecule has 5 nitrogen and oxygen atoms in total. The predicted molar refractivity (Wildman–Crippen MR) is 77.0 cm³/mol. The molecule has 1 fully saturated rings. The van der Waals surface area contributed by atoms with Gasteiger partial charge in [0.05, 0.1) is 20.6 Å². The first-order valence-electron chi connectivity index (χ1n) is 6.87. The van der Waals surface area contributed by atoms with E-state index in [0.29, 0.717) is 24.0 Å². The van der Waals surface area contributed by atoms with Crippen molar-refractivity contribution in [2.75, 3.05) is 20.8 Å². The van der Waals surface area contributed by atoms with E-state index < -0.39 is 0 Å². The molecule has 0 aliphatic heterocycles. The summed E-state index contributed by atoms with van der Waals surface area (Å²) in [6, 6.07) is 5.54. The zero-order valence-corrected chi connectivity index (χ0v) is 12.0. The summed E-state index contributed by atoms with van der Waals surface area (Å²) in [6.45, 7) is 0.529. The number of benzene rings is 1. The Bertz CT molecular complexity index is 450. The summed E-state index contributed by atoms with van der Waals surface area (Å²) in [5, 5.41) is 2.88. The van der Waals surface area contributed by atoms with E-state index in [-0.39, 0.29) is 18.4 Å². The van der Waals surface area contributed by atoms with Crippen LogP contribution in [-0.2, 0) is 11.2 Å². The lowest BCUT2D eigenvalue weighted by molar-refractivity contribution is -0.120. The fraction of sp³-hybridized carbons (Fsp3) is 0.533. The minimum Gasteiger partial charge on any atom is -0.496 e. The lowest BCUT2D eigenvalue weighted by Crippen LogP contribution is -2.39. The summed E-state index contributed by atoms with van der Waals surface area (Å²) in [5.74, 6) is 1.83. The SMILES string of the molecule is COc1cccc(OC)c1CC(=O)NCC(N)C1CC1. The summed E-state index contributed by atoms with van der Waals surface area (Å²) in [4.78, 5) is 12.0. The highest BCUT2D eigenvalue weighted by Crippen LogP contribution is 2.31. The minimum atomic E-state index is -0.0658. The summed E-state index contributed by atoms with van der Waals surface area (Å²) >= 11 is 0. The Morgan fingerprint density at radius 2 is 1.95 bits per heavy atom. The zero-order valence-electron chi connectivity index (χ0n) is 12.0. The fourth-order valence-corrected chi connectivity index (χ4v) is 2.25. The van der Waals surface area contributed by atoms with E-state index in [1.54, 1.807) is 14.2 Å². The van der Waals surface area contributed by atoms with Gasteiger partial charge in [0, 0.05) is 18.2 Å². The van der Waals surface area contributed by atoms with Crippen LogP contribution in [0.3, 0.4) is 0 Å². The van der Waals surface area contributed by atoms with Gasteiger partial charge < -0.3 is 20.5 Å². The van der Waals surface area contributed by atoms with Gasteiger partial charge >= 0.3 is 0 Å². The number of nitrogens with two attached hydrogens (primary N) is 1. The molecule has 20 heavy (non-hydrogen) atoms. The Labute approximate surface area is 119 Å². The van der Waals surface area contributed by atoms with Crippen molar-refractivity contribution >= 4 is 5.91 Å². The average molecular weight is 278 g/mol. The Balaban J connectivity index is 1.95. The largest absolute Gasteiger partial charge is 0.496 e. The molecule has 0 heterocycles. The van der Waals surface area contributed by atoms with Crippen LogP contribution in [0.2, 0.25) is 0 Å². The number of hydrogen-bond donors (Lipinski definition) is 2. The number of ether oxygens (including phenoxy) is 2. The van der Waals surface area contributed by atoms with Crippen molar-refractivity contribution in [2.45, 2.75) is 25.3 Å². The normalized spacial score (nSPS) is 15.6. The van der Waals surface area contributed by atoms with Gasteiger partial charge in [-0.25, -0.2) is 0 Å². The minimum absolute atomic E-state index is 0.0658. The number of carbonyl (C=O) groups is 1. The Hall–Kier alpha value is -1.75. The van der Waals surface area contributed by atoms with Gasteiger partial charge in [-0.3, -0.25) is 4.79 Å². The highest BCUT2D eigenvalue weighted by molar-refractivity contribution is 5.80. The molecule has 110 valence electrons. The second-order valence-corrected chi connectivity index (χ2v) is 5.12. The van der Waals surface area contributed by atoms with Crippen LogP contribution in [0.1, 0.15) is 18.4 Å². The summed E-state index contributed by atoms with van der Waals surface area (Å²) in [6.07, 6.45) is 2.58. The lowest BCUT2D eigenvalue weighted by Gasteiger charge is -2.14. The molecule has 1 aliphatic rings. The van der Waals surface area contributed by atoms with Crippen LogP contribution < -0.4 is 20.5 Å². The van der Waals surface area contributed by atoms with Crippen molar-refractivity contribution in [3.05, 3.63) is 23.8 Å². The van der Waals surface area contributed by atoms with Crippen molar-refractivity contribution in [3.63, 3.8) is 0 Å². The molecule has 0 bridgehead atoms. The van der Waals surface area contributed by atoms with E-state index in [4.69, 9.17) is 15.2 Å². The summed E-state index contributed by atoms with van der Waals surface area (Å²) in [5.41, 5.74) is 6.73. The van der Waals surface area contributed by atoms with Crippen molar-refractivity contribution in [1.82, 2.24) is 5.32 Å². The maximum atomic E-state index is 12.0. The molecule has 1 amide bonds. The first-order valence-corrected chi connectivity index (χ1v) is 6.87. The molecule has 0 aromatic heterocycles. The first kappa shape index (κ1) is 14.7. The highest BCUT2D eigenvalue weighted by Gasteiger charge is 2.28. The molecule has 5 heteroatoms. The van der Waals surface area contributed by atoms with Crippen LogP contribution in [0.15, 0.2) is 18.2 Å². The Kier molecular flexibility index (Phi) is 4.84. The molecule has 3 N–H and O–H groups in total. The van der Waals surface area contributed by atoms with Crippen LogP contribution >= 0.6 is 0 Å². The van der Waals surface area contributed by atoms with E-state index in [2.05, 4.69) is 5.32 Å². The molecule has 1 atom stereocenters. The van der Waals surface area contributed by atoms with Crippen molar-refractivity contribution in [2.24, 2.45) is 11.7 Å². The molecule has 0 saturated heterocycles. The van der Waals surface area contributed by atoms with Gasteiger partial charge in [-0.1, -0.05) is 6.07 Å². The molecule has 1 saturated carbocycles. The molecule has 1 unspecified atom stereocenters. The number of amides is 1. The van der Waals surface area contributed by atoms with Crippen molar-refractivity contribution < 1.29 is 14.3 Å². The average Bonchev–Trinajstić information content (AvgIpc) is 3.29. The Morgan fingerprint density at radius 3 is 2.45 bits per heavy atom. The van der Waals surface area contributed by atoms with Crippen molar-refractivity contribution in [1.29, 1.82) is 0 Å². The van der Waals surface area contributed by atoms with E-state index in [1.165, 1.54) is 12.8 Å². The molecular formula is C15H22N2O3. The molecular weight excluding hydrogens is 256 g/mol. The molecule has 2 rings (SSSR count). The number of rotatable bonds is 7. The van der Waals surface area contributed by atoms with E-state index >= 15 is 0 Å². The Morgan fingerprint density at radius 1 is 1.35 bits per heavy atom. The van der Waals surface area contributed by atoms with Crippen LogP contribution in [0.5, 0.6) is 11.5 Å². The van der Waals surface area contributed by atoms with Gasteiger partial charge in [0.2, 0.25) is 5.91 Å². The third kappa shape index (κ3) is 3.63. The molecule has 0 spiro atoms. The summed E-state index contributed by atoms with van der Waals surface area (Å²) < 4.78 is 10.6.